The molecule has 3 aromatic carbocycles. The van der Waals surface area contributed by atoms with E-state index in [1.807, 2.05) is 0 Å². The van der Waals surface area contributed by atoms with Crippen LogP contribution in [0.4, 0.5) is 11.4 Å². The van der Waals surface area contributed by atoms with Crippen LogP contribution in [0.1, 0.15) is 5.56 Å². The molecule has 1 saturated heterocycles. The quantitative estimate of drug-likeness (QED) is 0.263. The van der Waals surface area contributed by atoms with Gasteiger partial charge in [-0.1, -0.05) is 70.9 Å². The Morgan fingerprint density at radius 2 is 1.68 bits per heavy atom. The predicted octanol–water partition coefficient (Wildman–Crippen LogP) is 7.07. The summed E-state index contributed by atoms with van der Waals surface area (Å²) in [4.78, 5) is 27.0. The molecule has 5 nitrogen and oxygen atoms in total. The lowest BCUT2D eigenvalue weighted by atomic mass is 10.2. The zero-order valence-electron chi connectivity index (χ0n) is 17.3. The molecule has 1 aliphatic rings. The molecule has 0 bridgehead atoms. The molecule has 10 heteroatoms. The maximum absolute atomic E-state index is 12.9. The van der Waals surface area contributed by atoms with Gasteiger partial charge in [0.25, 0.3) is 11.8 Å². The third kappa shape index (κ3) is 5.92. The van der Waals surface area contributed by atoms with Crippen molar-refractivity contribution in [2.24, 2.45) is 0 Å². The zero-order valence-corrected chi connectivity index (χ0v) is 21.2. The van der Waals surface area contributed by atoms with Gasteiger partial charge in [-0.3, -0.25) is 14.5 Å². The van der Waals surface area contributed by atoms with Crippen LogP contribution < -0.4 is 15.0 Å². The summed E-state index contributed by atoms with van der Waals surface area (Å²) < 4.78 is 5.99. The first-order valence-electron chi connectivity index (χ1n) is 9.81. The fourth-order valence-corrected chi connectivity index (χ4v) is 4.90. The number of rotatable bonds is 6. The van der Waals surface area contributed by atoms with E-state index in [0.29, 0.717) is 41.4 Å². The molecule has 4 rings (SSSR count). The number of thiocarbonyl (C=S) groups is 1. The van der Waals surface area contributed by atoms with Gasteiger partial charge in [-0.2, -0.15) is 0 Å². The molecule has 0 aromatic heterocycles. The molecule has 34 heavy (non-hydrogen) atoms. The maximum Gasteiger partial charge on any atom is 0.270 e. The Labute approximate surface area is 220 Å². The predicted molar refractivity (Wildman–Crippen MR) is 144 cm³/mol. The molecular weight excluding hydrogens is 535 g/mol. The van der Waals surface area contributed by atoms with Gasteiger partial charge in [0.05, 0.1) is 21.3 Å². The number of carbonyl (C=O) groups excluding carboxylic acids is 2. The molecule has 3 aromatic rings. The number of halogens is 3. The Hall–Kier alpha value is -2.55. The van der Waals surface area contributed by atoms with Gasteiger partial charge in [0.15, 0.2) is 10.9 Å². The molecule has 2 amide bonds. The number of anilines is 2. The van der Waals surface area contributed by atoms with Gasteiger partial charge >= 0.3 is 0 Å². The molecule has 172 valence electrons. The normalized spacial score (nSPS) is 14.6. The minimum atomic E-state index is -0.362. The third-order valence-corrected chi connectivity index (χ3v) is 6.73. The van der Waals surface area contributed by atoms with Crippen LogP contribution in [0.2, 0.25) is 15.1 Å². The highest BCUT2D eigenvalue weighted by Gasteiger charge is 2.33. The van der Waals surface area contributed by atoms with Crippen LogP contribution in [-0.2, 0) is 9.59 Å². The summed E-state index contributed by atoms with van der Waals surface area (Å²) in [7, 11) is 0. The minimum absolute atomic E-state index is 0.196. The van der Waals surface area contributed by atoms with E-state index in [9.17, 15) is 9.59 Å². The molecule has 0 saturated carbocycles. The van der Waals surface area contributed by atoms with Gasteiger partial charge in [-0.05, 0) is 66.2 Å². The number of nitrogens with zero attached hydrogens (tertiary/aromatic N) is 1. The molecule has 0 spiro atoms. The molecule has 0 radical (unpaired) electrons. The van der Waals surface area contributed by atoms with Crippen LogP contribution in [0.3, 0.4) is 0 Å². The van der Waals surface area contributed by atoms with Crippen molar-refractivity contribution in [2.45, 2.75) is 0 Å². The van der Waals surface area contributed by atoms with Gasteiger partial charge in [0.2, 0.25) is 0 Å². The second-order valence-electron chi connectivity index (χ2n) is 7.02. The fourth-order valence-electron chi connectivity index (χ4n) is 3.02. The van der Waals surface area contributed by atoms with Gasteiger partial charge < -0.3 is 10.1 Å². The number of amides is 2. The molecule has 1 N–H and O–H groups in total. The van der Waals surface area contributed by atoms with Crippen molar-refractivity contribution in [1.82, 2.24) is 0 Å². The highest BCUT2D eigenvalue weighted by Crippen LogP contribution is 2.36. The van der Waals surface area contributed by atoms with E-state index in [1.54, 1.807) is 72.8 Å². The van der Waals surface area contributed by atoms with Crippen molar-refractivity contribution in [3.8, 4) is 5.75 Å². The molecule has 0 atom stereocenters. The Morgan fingerprint density at radius 1 is 1.00 bits per heavy atom. The van der Waals surface area contributed by atoms with E-state index in [0.717, 1.165) is 5.56 Å². The van der Waals surface area contributed by atoms with E-state index < -0.39 is 0 Å². The Morgan fingerprint density at radius 3 is 2.35 bits per heavy atom. The lowest BCUT2D eigenvalue weighted by molar-refractivity contribution is -0.118. The van der Waals surface area contributed by atoms with E-state index in [-0.39, 0.29) is 18.4 Å². The Bertz CT molecular complexity index is 1300. The third-order valence-electron chi connectivity index (χ3n) is 4.63. The van der Waals surface area contributed by atoms with Crippen LogP contribution in [0.25, 0.3) is 6.08 Å². The standard InChI is InChI=1S/C24H15Cl3N2O3S2/c25-15-3-6-17(7-4-15)29-23(31)21(34-24(29)33)11-14-1-8-18(9-2-14)32-13-22(30)28-20-10-5-16(26)12-19(20)27/h1-12H,13H2,(H,28,30)/b21-11-. The fraction of sp³-hybridized carbons (Fsp3) is 0.0417. The van der Waals surface area contributed by atoms with Crippen molar-refractivity contribution < 1.29 is 14.3 Å². The van der Waals surface area contributed by atoms with Crippen molar-refractivity contribution in [3.05, 3.63) is 92.3 Å². The number of benzene rings is 3. The summed E-state index contributed by atoms with van der Waals surface area (Å²) in [6.07, 6.45) is 1.76. The number of hydrogen-bond acceptors (Lipinski definition) is 5. The van der Waals surface area contributed by atoms with Gasteiger partial charge in [-0.25, -0.2) is 0 Å². The van der Waals surface area contributed by atoms with Crippen LogP contribution >= 0.6 is 58.8 Å². The highest BCUT2D eigenvalue weighted by molar-refractivity contribution is 8.27. The highest BCUT2D eigenvalue weighted by atomic mass is 35.5. The zero-order chi connectivity index (χ0) is 24.2. The number of nitrogens with one attached hydrogen (secondary N) is 1. The summed E-state index contributed by atoms with van der Waals surface area (Å²) in [5.74, 6) is -0.0578. The van der Waals surface area contributed by atoms with E-state index in [2.05, 4.69) is 5.32 Å². The topological polar surface area (TPSA) is 58.6 Å². The van der Waals surface area contributed by atoms with Crippen molar-refractivity contribution >= 4 is 92.4 Å². The SMILES string of the molecule is O=C(COc1ccc(/C=C2\SC(=S)N(c3ccc(Cl)cc3)C2=O)cc1)Nc1ccc(Cl)cc1Cl. The Kier molecular flexibility index (Phi) is 7.80. The smallest absolute Gasteiger partial charge is 0.270 e. The minimum Gasteiger partial charge on any atom is -0.484 e. The second-order valence-corrected chi connectivity index (χ2v) is 9.98. The Balaban J connectivity index is 1.37. The van der Waals surface area contributed by atoms with Crippen molar-refractivity contribution in [1.29, 1.82) is 0 Å². The van der Waals surface area contributed by atoms with Crippen molar-refractivity contribution in [3.63, 3.8) is 0 Å². The molecule has 1 fully saturated rings. The first-order chi connectivity index (χ1) is 16.3. The number of ether oxygens (including phenoxy) is 1. The lowest BCUT2D eigenvalue weighted by Crippen LogP contribution is -2.27. The first kappa shape index (κ1) is 24.6. The maximum atomic E-state index is 12.9. The average Bonchev–Trinajstić information content (AvgIpc) is 3.08. The van der Waals surface area contributed by atoms with Gasteiger partial charge in [0, 0.05) is 10.0 Å². The monoisotopic (exact) mass is 548 g/mol. The molecule has 1 heterocycles. The van der Waals surface area contributed by atoms with E-state index in [1.165, 1.54) is 16.7 Å². The van der Waals surface area contributed by atoms with Gasteiger partial charge in [-0.15, -0.1) is 0 Å². The first-order valence-corrected chi connectivity index (χ1v) is 12.2. The summed E-state index contributed by atoms with van der Waals surface area (Å²) in [6.45, 7) is -0.196. The van der Waals surface area contributed by atoms with Crippen molar-refractivity contribution in [2.75, 3.05) is 16.8 Å². The van der Waals surface area contributed by atoms with Crippen LogP contribution in [-0.4, -0.2) is 22.7 Å². The summed E-state index contributed by atoms with van der Waals surface area (Å²) in [5, 5.41) is 4.07. The molecule has 1 aliphatic heterocycles. The largest absolute Gasteiger partial charge is 0.484 e. The molecule has 0 unspecified atom stereocenters. The summed E-state index contributed by atoms with van der Waals surface area (Å²) in [5.41, 5.74) is 1.91. The number of hydrogen-bond donors (Lipinski definition) is 1. The van der Waals surface area contributed by atoms with Gasteiger partial charge in [0.1, 0.15) is 5.75 Å². The summed E-state index contributed by atoms with van der Waals surface area (Å²) in [6, 6.07) is 18.7. The van der Waals surface area contributed by atoms with E-state index in [4.69, 9.17) is 51.8 Å². The number of thioether (sulfide) groups is 1. The van der Waals surface area contributed by atoms with Crippen LogP contribution in [0, 0.1) is 0 Å². The van der Waals surface area contributed by atoms with Crippen LogP contribution in [0.15, 0.2) is 71.6 Å². The van der Waals surface area contributed by atoms with Crippen LogP contribution in [0.5, 0.6) is 5.75 Å². The van der Waals surface area contributed by atoms with E-state index >= 15 is 0 Å². The lowest BCUT2D eigenvalue weighted by Gasteiger charge is -2.14. The average molecular weight is 550 g/mol. The molecule has 0 aliphatic carbocycles. The summed E-state index contributed by atoms with van der Waals surface area (Å²) >= 11 is 24.5. The molecular formula is C24H15Cl3N2O3S2. The second kappa shape index (κ2) is 10.8. The number of carbonyl (C=O) groups is 2.